The molecule has 0 radical (unpaired) electrons. The second-order valence-corrected chi connectivity index (χ2v) is 9.31. The van der Waals surface area contributed by atoms with Crippen LogP contribution in [-0.4, -0.2) is 23.2 Å². The molecule has 27 heavy (non-hydrogen) atoms. The summed E-state index contributed by atoms with van der Waals surface area (Å²) in [6, 6.07) is 8.44. The van der Waals surface area contributed by atoms with Crippen molar-refractivity contribution >= 4 is 22.6 Å². The van der Waals surface area contributed by atoms with Crippen LogP contribution in [0.2, 0.25) is 0 Å². The number of hydrogen-bond acceptors (Lipinski definition) is 5. The third-order valence-electron chi connectivity index (χ3n) is 3.66. The Bertz CT molecular complexity index is 813. The first-order valence-corrected chi connectivity index (χ1v) is 9.80. The maximum Gasteiger partial charge on any atom is 0.407 e. The van der Waals surface area contributed by atoms with Crippen LogP contribution >= 0.6 is 11.3 Å². The van der Waals surface area contributed by atoms with Crippen molar-refractivity contribution in [2.24, 2.45) is 0 Å². The Morgan fingerprint density at radius 3 is 2.56 bits per heavy atom. The maximum atomic E-state index is 11.7. The monoisotopic (exact) mass is 387 g/mol. The Morgan fingerprint density at radius 1 is 1.22 bits per heavy atom. The van der Waals surface area contributed by atoms with Crippen molar-refractivity contribution in [3.63, 3.8) is 0 Å². The molecule has 1 heterocycles. The molecule has 5 nitrogen and oxygen atoms in total. The molecule has 0 saturated heterocycles. The molecule has 2 N–H and O–H groups in total. The Hall–Kier alpha value is -2.34. The highest BCUT2D eigenvalue weighted by molar-refractivity contribution is 7.14. The van der Waals surface area contributed by atoms with Crippen molar-refractivity contribution in [2.75, 3.05) is 11.9 Å². The number of anilines is 1. The molecule has 2 aromatic rings. The Kier molecular flexibility index (Phi) is 6.31. The van der Waals surface area contributed by atoms with E-state index >= 15 is 0 Å². The molecule has 0 spiro atoms. The van der Waals surface area contributed by atoms with E-state index in [0.29, 0.717) is 5.70 Å². The van der Waals surface area contributed by atoms with Gasteiger partial charge in [-0.05, 0) is 37.8 Å². The van der Waals surface area contributed by atoms with E-state index in [2.05, 4.69) is 67.2 Å². The molecule has 0 saturated carbocycles. The number of alkyl carbamates (subject to hydrolysis) is 1. The van der Waals surface area contributed by atoms with Gasteiger partial charge in [0.25, 0.3) is 0 Å². The number of carbonyl (C=O) groups excluding carboxylic acids is 1. The van der Waals surface area contributed by atoms with Gasteiger partial charge in [0.15, 0.2) is 5.13 Å². The van der Waals surface area contributed by atoms with Gasteiger partial charge in [-0.3, -0.25) is 0 Å². The van der Waals surface area contributed by atoms with Crippen molar-refractivity contribution in [2.45, 2.75) is 52.6 Å². The summed E-state index contributed by atoms with van der Waals surface area (Å²) in [7, 11) is 0. The third-order valence-corrected chi connectivity index (χ3v) is 4.41. The van der Waals surface area contributed by atoms with Crippen LogP contribution in [0.25, 0.3) is 11.3 Å². The van der Waals surface area contributed by atoms with E-state index in [9.17, 15) is 4.79 Å². The number of aromatic nitrogens is 1. The first kappa shape index (κ1) is 21.0. The molecule has 0 aliphatic carbocycles. The predicted octanol–water partition coefficient (Wildman–Crippen LogP) is 5.56. The molecule has 0 unspecified atom stereocenters. The average Bonchev–Trinajstić information content (AvgIpc) is 2.99. The minimum absolute atomic E-state index is 0.0920. The smallest absolute Gasteiger partial charge is 0.407 e. The number of nitrogens with one attached hydrogen (secondary N) is 2. The lowest BCUT2D eigenvalue weighted by Gasteiger charge is -2.20. The van der Waals surface area contributed by atoms with Crippen LogP contribution in [0, 0.1) is 0 Å². The molecule has 2 rings (SSSR count). The highest BCUT2D eigenvalue weighted by atomic mass is 32.1. The van der Waals surface area contributed by atoms with Gasteiger partial charge >= 0.3 is 6.09 Å². The maximum absolute atomic E-state index is 11.7. The van der Waals surface area contributed by atoms with Crippen molar-refractivity contribution in [1.29, 1.82) is 0 Å². The fraction of sp³-hybridized carbons (Fsp3) is 0.429. The molecule has 1 aromatic heterocycles. The molecule has 0 bridgehead atoms. The molecule has 0 aliphatic heterocycles. The molecule has 6 heteroatoms. The van der Waals surface area contributed by atoms with Crippen LogP contribution < -0.4 is 10.6 Å². The van der Waals surface area contributed by atoms with Gasteiger partial charge in [-0.2, -0.15) is 0 Å². The van der Waals surface area contributed by atoms with Gasteiger partial charge in [0.1, 0.15) is 5.60 Å². The molecule has 1 amide bonds. The van der Waals surface area contributed by atoms with Gasteiger partial charge in [0.2, 0.25) is 0 Å². The van der Waals surface area contributed by atoms with Gasteiger partial charge in [0.05, 0.1) is 12.2 Å². The molecular formula is C21H29N3O2S. The first-order chi connectivity index (χ1) is 12.4. The lowest BCUT2D eigenvalue weighted by molar-refractivity contribution is 0.0533. The van der Waals surface area contributed by atoms with E-state index in [1.54, 1.807) is 0 Å². The van der Waals surface area contributed by atoms with Crippen LogP contribution in [0.1, 0.15) is 47.1 Å². The van der Waals surface area contributed by atoms with Crippen LogP contribution in [0.15, 0.2) is 41.9 Å². The van der Waals surface area contributed by atoms with Gasteiger partial charge in [0, 0.05) is 16.6 Å². The quantitative estimate of drug-likeness (QED) is 0.705. The second-order valence-electron chi connectivity index (χ2n) is 8.45. The number of benzene rings is 1. The van der Waals surface area contributed by atoms with Gasteiger partial charge in [-0.25, -0.2) is 9.78 Å². The minimum Gasteiger partial charge on any atom is -0.444 e. The normalized spacial score (nSPS) is 11.8. The summed E-state index contributed by atoms with van der Waals surface area (Å²) in [6.07, 6.45) is -0.468. The summed E-state index contributed by atoms with van der Waals surface area (Å²) in [4.78, 5) is 16.3. The van der Waals surface area contributed by atoms with Gasteiger partial charge in [-0.15, -0.1) is 11.3 Å². The summed E-state index contributed by atoms with van der Waals surface area (Å²) in [5, 5.41) is 8.56. The standard InChI is InChI=1S/C21H29N3O2S/c1-14(12-22-19(25)26-21(5,6)7)23-18-24-17(13-27-18)15-9-8-10-16(11-15)20(2,3)4/h8-11,13H,1,12H2,2-7H3,(H,22,25)(H,23,24). The Labute approximate surface area is 165 Å². The summed E-state index contributed by atoms with van der Waals surface area (Å²) in [5.41, 5.74) is 3.49. The zero-order chi connectivity index (χ0) is 20.2. The Balaban J connectivity index is 1.96. The molecule has 146 valence electrons. The zero-order valence-electron chi connectivity index (χ0n) is 17.0. The number of thiazole rings is 1. The summed E-state index contributed by atoms with van der Waals surface area (Å²) in [6.45, 7) is 16.3. The second kappa shape index (κ2) is 8.13. The number of rotatable bonds is 5. The highest BCUT2D eigenvalue weighted by Gasteiger charge is 2.16. The van der Waals surface area contributed by atoms with Crippen molar-refractivity contribution in [3.8, 4) is 11.3 Å². The van der Waals surface area contributed by atoms with Crippen LogP contribution in [0.5, 0.6) is 0 Å². The third kappa shape index (κ3) is 6.71. The van der Waals surface area contributed by atoms with Crippen LogP contribution in [0.4, 0.5) is 9.93 Å². The van der Waals surface area contributed by atoms with E-state index in [1.807, 2.05) is 26.2 Å². The Morgan fingerprint density at radius 2 is 1.93 bits per heavy atom. The van der Waals surface area contributed by atoms with Crippen LogP contribution in [0.3, 0.4) is 0 Å². The van der Waals surface area contributed by atoms with E-state index in [1.165, 1.54) is 16.9 Å². The molecule has 0 atom stereocenters. The van der Waals surface area contributed by atoms with Crippen molar-refractivity contribution < 1.29 is 9.53 Å². The average molecular weight is 388 g/mol. The zero-order valence-corrected chi connectivity index (χ0v) is 17.8. The largest absolute Gasteiger partial charge is 0.444 e. The lowest BCUT2D eigenvalue weighted by atomic mass is 9.86. The van der Waals surface area contributed by atoms with Gasteiger partial charge in [-0.1, -0.05) is 45.5 Å². The number of carbonyl (C=O) groups is 1. The van der Waals surface area contributed by atoms with Gasteiger partial charge < -0.3 is 15.4 Å². The van der Waals surface area contributed by atoms with E-state index in [0.717, 1.165) is 16.4 Å². The molecular weight excluding hydrogens is 358 g/mol. The fourth-order valence-electron chi connectivity index (χ4n) is 2.30. The predicted molar refractivity (Wildman–Crippen MR) is 113 cm³/mol. The van der Waals surface area contributed by atoms with E-state index in [-0.39, 0.29) is 12.0 Å². The minimum atomic E-state index is -0.523. The summed E-state index contributed by atoms with van der Waals surface area (Å²) < 4.78 is 5.21. The number of ether oxygens (including phenoxy) is 1. The van der Waals surface area contributed by atoms with Crippen molar-refractivity contribution in [1.82, 2.24) is 10.3 Å². The summed E-state index contributed by atoms with van der Waals surface area (Å²) >= 11 is 1.50. The topological polar surface area (TPSA) is 63.2 Å². The number of nitrogens with zero attached hydrogens (tertiary/aromatic N) is 1. The van der Waals surface area contributed by atoms with E-state index in [4.69, 9.17) is 4.74 Å². The molecule has 1 aromatic carbocycles. The van der Waals surface area contributed by atoms with E-state index < -0.39 is 11.7 Å². The molecule has 0 aliphatic rings. The van der Waals surface area contributed by atoms with Crippen LogP contribution in [-0.2, 0) is 10.2 Å². The SMILES string of the molecule is C=C(CNC(=O)OC(C)(C)C)Nc1nc(-c2cccc(C(C)(C)C)c2)cs1. The van der Waals surface area contributed by atoms with Crippen molar-refractivity contribution in [3.05, 3.63) is 47.5 Å². The lowest BCUT2D eigenvalue weighted by Crippen LogP contribution is -2.34. The molecule has 0 fully saturated rings. The highest BCUT2D eigenvalue weighted by Crippen LogP contribution is 2.29. The fourth-order valence-corrected chi connectivity index (χ4v) is 3.06. The number of amides is 1. The number of hydrogen-bond donors (Lipinski definition) is 2. The summed E-state index contributed by atoms with van der Waals surface area (Å²) in [5.74, 6) is 0. The first-order valence-electron chi connectivity index (χ1n) is 8.92.